The number of methoxy groups -OCH3 is 1. The van der Waals surface area contributed by atoms with Crippen LogP contribution in [0.2, 0.25) is 0 Å². The van der Waals surface area contributed by atoms with Crippen molar-refractivity contribution in [3.05, 3.63) is 47.7 Å². The maximum atomic E-state index is 13.6. The predicted octanol–water partition coefficient (Wildman–Crippen LogP) is 4.57. The molecule has 1 fully saturated rings. The van der Waals surface area contributed by atoms with Crippen LogP contribution in [-0.2, 0) is 14.3 Å². The maximum Gasteiger partial charge on any atom is 0.416 e. The summed E-state index contributed by atoms with van der Waals surface area (Å²) in [6.07, 6.45) is -1.03. The van der Waals surface area contributed by atoms with E-state index < -0.39 is 54.1 Å². The third kappa shape index (κ3) is 7.70. The van der Waals surface area contributed by atoms with Gasteiger partial charge in [0.25, 0.3) is 5.91 Å². The number of nitrogens with one attached hydrogen (secondary N) is 2. The fourth-order valence-corrected chi connectivity index (χ4v) is 4.81. The van der Waals surface area contributed by atoms with E-state index in [1.54, 1.807) is 6.07 Å². The summed E-state index contributed by atoms with van der Waals surface area (Å²) in [6.45, 7) is 4.92. The number of rotatable bonds is 13. The number of carbonyl (C=O) groups is 2. The molecule has 0 aliphatic heterocycles. The highest BCUT2D eigenvalue weighted by atomic mass is 19.4. The van der Waals surface area contributed by atoms with Gasteiger partial charge >= 0.3 is 6.18 Å². The van der Waals surface area contributed by atoms with Crippen molar-refractivity contribution in [2.24, 2.45) is 5.92 Å². The Hall–Kier alpha value is -3.66. The second-order valence-corrected chi connectivity index (χ2v) is 11.8. The molecule has 0 bridgehead atoms. The molecule has 0 aromatic carbocycles. The third-order valence-corrected chi connectivity index (χ3v) is 7.43. The van der Waals surface area contributed by atoms with Gasteiger partial charge in [-0.05, 0) is 45.7 Å². The van der Waals surface area contributed by atoms with E-state index in [2.05, 4.69) is 25.8 Å². The van der Waals surface area contributed by atoms with Gasteiger partial charge in [-0.2, -0.15) is 23.4 Å². The number of carbonyl (C=O) groups excluding carboxylic acids is 2. The number of halogens is 5. The molecule has 3 aromatic heterocycles. The first-order chi connectivity index (χ1) is 20.5. The van der Waals surface area contributed by atoms with E-state index in [9.17, 15) is 31.5 Å². The summed E-state index contributed by atoms with van der Waals surface area (Å²) in [5, 5.41) is 13.9. The SMILES string of the molecule is COC[C@@H](NC(=O)CC1CC(F)(F)C1)c1cnn2cc([C@H](COC(C)(C)C(F)(F)F)NC(=O)c3ccnn3C(C)C)nc2c1. The van der Waals surface area contributed by atoms with E-state index in [0.29, 0.717) is 5.56 Å². The van der Waals surface area contributed by atoms with Crippen molar-refractivity contribution in [3.8, 4) is 0 Å². The minimum atomic E-state index is -4.67. The number of ether oxygens (including phenoxy) is 2. The molecule has 0 spiro atoms. The van der Waals surface area contributed by atoms with Crippen LogP contribution in [0.1, 0.15) is 86.8 Å². The Morgan fingerprint density at radius 3 is 2.43 bits per heavy atom. The van der Waals surface area contributed by atoms with Crippen LogP contribution in [0.4, 0.5) is 22.0 Å². The van der Waals surface area contributed by atoms with Gasteiger partial charge in [-0.1, -0.05) is 0 Å². The van der Waals surface area contributed by atoms with Crippen molar-refractivity contribution in [1.82, 2.24) is 35.0 Å². The van der Waals surface area contributed by atoms with Crippen molar-refractivity contribution in [2.45, 2.75) is 82.8 Å². The lowest BCUT2D eigenvalue weighted by molar-refractivity contribution is -0.265. The molecule has 11 nitrogen and oxygen atoms in total. The molecule has 1 aliphatic rings. The Labute approximate surface area is 250 Å². The summed E-state index contributed by atoms with van der Waals surface area (Å²) in [7, 11) is 1.44. The molecule has 2 atom stereocenters. The Balaban J connectivity index is 1.57. The Kier molecular flexibility index (Phi) is 9.63. The van der Waals surface area contributed by atoms with E-state index in [-0.39, 0.29) is 48.9 Å². The standard InChI is InChI=1S/C28H36F5N7O4/c1-16(2)40-22(6-7-34-40)25(42)38-21(15-44-26(3,4)28(31,32)33)19-13-39-23(36-19)9-18(12-35-39)20(14-43-5)37-24(41)8-17-10-27(29,30)11-17/h6-7,9,12-13,16-17,20-21H,8,10-11,14-15H2,1-5H3,(H,37,41)(H,38,42)/t20-,21+/m1/s1. The second-order valence-electron chi connectivity index (χ2n) is 11.8. The minimum Gasteiger partial charge on any atom is -0.382 e. The number of hydrogen-bond donors (Lipinski definition) is 2. The maximum absolute atomic E-state index is 13.6. The summed E-state index contributed by atoms with van der Waals surface area (Å²) in [5.41, 5.74) is -1.36. The molecule has 242 valence electrons. The topological polar surface area (TPSA) is 125 Å². The first kappa shape index (κ1) is 33.2. The average molecular weight is 630 g/mol. The molecule has 0 unspecified atom stereocenters. The molecule has 16 heteroatoms. The van der Waals surface area contributed by atoms with E-state index in [1.807, 2.05) is 13.8 Å². The van der Waals surface area contributed by atoms with Crippen LogP contribution in [-0.4, -0.2) is 74.2 Å². The van der Waals surface area contributed by atoms with Gasteiger partial charge in [-0.15, -0.1) is 0 Å². The van der Waals surface area contributed by atoms with Gasteiger partial charge in [0.2, 0.25) is 11.8 Å². The van der Waals surface area contributed by atoms with Crippen molar-refractivity contribution in [1.29, 1.82) is 0 Å². The number of imidazole rings is 1. The molecule has 1 saturated carbocycles. The van der Waals surface area contributed by atoms with Gasteiger partial charge < -0.3 is 20.1 Å². The lowest BCUT2D eigenvalue weighted by atomic mass is 9.79. The van der Waals surface area contributed by atoms with Crippen molar-refractivity contribution < 1.29 is 41.0 Å². The summed E-state index contributed by atoms with van der Waals surface area (Å²) < 4.78 is 80.4. The van der Waals surface area contributed by atoms with Crippen molar-refractivity contribution in [2.75, 3.05) is 20.3 Å². The quantitative estimate of drug-likeness (QED) is 0.266. The molecular formula is C28H36F5N7O4. The molecule has 1 aliphatic carbocycles. The second kappa shape index (κ2) is 12.8. The molecule has 4 rings (SSSR count). The van der Waals surface area contributed by atoms with E-state index in [4.69, 9.17) is 9.47 Å². The first-order valence-electron chi connectivity index (χ1n) is 14.1. The highest BCUT2D eigenvalue weighted by Crippen LogP contribution is 2.44. The lowest BCUT2D eigenvalue weighted by Gasteiger charge is -2.34. The number of fused-ring (bicyclic) bond motifs is 1. The van der Waals surface area contributed by atoms with Crippen LogP contribution in [0, 0.1) is 5.92 Å². The molecule has 3 aromatic rings. The van der Waals surface area contributed by atoms with Crippen molar-refractivity contribution >= 4 is 17.5 Å². The summed E-state index contributed by atoms with van der Waals surface area (Å²) in [4.78, 5) is 30.3. The minimum absolute atomic E-state index is 0.0512. The van der Waals surface area contributed by atoms with Crippen molar-refractivity contribution in [3.63, 3.8) is 0 Å². The van der Waals surface area contributed by atoms with Gasteiger partial charge in [0.1, 0.15) is 5.69 Å². The summed E-state index contributed by atoms with van der Waals surface area (Å²) in [6, 6.07) is 1.15. The Morgan fingerprint density at radius 1 is 1.11 bits per heavy atom. The van der Waals surface area contributed by atoms with Crippen LogP contribution in [0.3, 0.4) is 0 Å². The smallest absolute Gasteiger partial charge is 0.382 e. The number of amides is 2. The fraction of sp³-hybridized carbons (Fsp3) is 0.607. The molecule has 2 amide bonds. The predicted molar refractivity (Wildman–Crippen MR) is 147 cm³/mol. The summed E-state index contributed by atoms with van der Waals surface area (Å²) >= 11 is 0. The van der Waals surface area contributed by atoms with Crippen LogP contribution < -0.4 is 10.6 Å². The molecule has 3 heterocycles. The van der Waals surface area contributed by atoms with E-state index in [0.717, 1.165) is 13.8 Å². The van der Waals surface area contributed by atoms with Crippen LogP contribution >= 0.6 is 0 Å². The number of hydrogen-bond acceptors (Lipinski definition) is 7. The highest BCUT2D eigenvalue weighted by Gasteiger charge is 2.49. The molecule has 44 heavy (non-hydrogen) atoms. The zero-order valence-electron chi connectivity index (χ0n) is 25.0. The highest BCUT2D eigenvalue weighted by molar-refractivity contribution is 5.92. The van der Waals surface area contributed by atoms with E-state index in [1.165, 1.54) is 41.0 Å². The number of alkyl halides is 5. The molecular weight excluding hydrogens is 593 g/mol. The largest absolute Gasteiger partial charge is 0.416 e. The van der Waals surface area contributed by atoms with Gasteiger partial charge in [0.05, 0.1) is 43.4 Å². The van der Waals surface area contributed by atoms with Crippen LogP contribution in [0.25, 0.3) is 5.65 Å². The van der Waals surface area contributed by atoms with Gasteiger partial charge in [-0.3, -0.25) is 14.3 Å². The zero-order valence-corrected chi connectivity index (χ0v) is 25.0. The molecule has 2 N–H and O–H groups in total. The summed E-state index contributed by atoms with van der Waals surface area (Å²) in [5.74, 6) is -4.14. The Bertz CT molecular complexity index is 1460. The molecule has 0 saturated heterocycles. The number of nitrogens with zero attached hydrogens (tertiary/aromatic N) is 5. The first-order valence-corrected chi connectivity index (χ1v) is 14.1. The fourth-order valence-electron chi connectivity index (χ4n) is 4.81. The third-order valence-electron chi connectivity index (χ3n) is 7.43. The van der Waals surface area contributed by atoms with Gasteiger partial charge in [0.15, 0.2) is 11.2 Å². The Morgan fingerprint density at radius 2 is 1.82 bits per heavy atom. The van der Waals surface area contributed by atoms with Gasteiger partial charge in [-0.25, -0.2) is 18.3 Å². The van der Waals surface area contributed by atoms with Crippen LogP contribution in [0.5, 0.6) is 0 Å². The normalized spacial score (nSPS) is 17.0. The van der Waals surface area contributed by atoms with Gasteiger partial charge in [0, 0.05) is 44.2 Å². The van der Waals surface area contributed by atoms with E-state index >= 15 is 0 Å². The molecule has 0 radical (unpaired) electrons. The average Bonchev–Trinajstić information content (AvgIpc) is 3.56. The van der Waals surface area contributed by atoms with Crippen LogP contribution in [0.15, 0.2) is 30.7 Å². The monoisotopic (exact) mass is 629 g/mol. The lowest BCUT2D eigenvalue weighted by Crippen LogP contribution is -2.44. The number of aromatic nitrogens is 5. The zero-order chi connectivity index (χ0) is 32.4.